The van der Waals surface area contributed by atoms with E-state index in [1.54, 1.807) is 6.92 Å². The maximum Gasteiger partial charge on any atom is 0.323 e. The molecule has 18 heavy (non-hydrogen) atoms. The van der Waals surface area contributed by atoms with Gasteiger partial charge < -0.3 is 14.7 Å². The third-order valence-corrected chi connectivity index (χ3v) is 3.02. The molecule has 0 aliphatic carbocycles. The number of fused-ring (bicyclic) bond motifs is 1. The van der Waals surface area contributed by atoms with Gasteiger partial charge in [0.25, 0.3) is 0 Å². The molecule has 5 heteroatoms. The minimum absolute atomic E-state index is 0.190. The summed E-state index contributed by atoms with van der Waals surface area (Å²) in [5.41, 5.74) is 0.839. The molecule has 1 N–H and O–H groups in total. The summed E-state index contributed by atoms with van der Waals surface area (Å²) in [4.78, 5) is 24.3. The number of benzene rings is 1. The molecule has 1 amide bonds. The quantitative estimate of drug-likeness (QED) is 0.867. The number of ether oxygens (including phenoxy) is 1. The first-order valence-electron chi connectivity index (χ1n) is 5.85. The van der Waals surface area contributed by atoms with Crippen LogP contribution in [0.5, 0.6) is 5.75 Å². The zero-order valence-corrected chi connectivity index (χ0v) is 10.1. The van der Waals surface area contributed by atoms with Crippen molar-refractivity contribution in [2.75, 3.05) is 19.7 Å². The summed E-state index contributed by atoms with van der Waals surface area (Å²) >= 11 is 0. The predicted octanol–water partition coefficient (Wildman–Crippen LogP) is 1.10. The first kappa shape index (κ1) is 12.4. The molecule has 5 nitrogen and oxygen atoms in total. The molecular weight excluding hydrogens is 234 g/mol. The van der Waals surface area contributed by atoms with E-state index in [1.807, 2.05) is 24.3 Å². The number of amides is 1. The Balaban J connectivity index is 2.17. The fourth-order valence-corrected chi connectivity index (χ4v) is 2.10. The van der Waals surface area contributed by atoms with Crippen LogP contribution in [0.3, 0.4) is 0 Å². The molecule has 0 radical (unpaired) electrons. The van der Waals surface area contributed by atoms with E-state index in [0.717, 1.165) is 5.56 Å². The lowest BCUT2D eigenvalue weighted by Gasteiger charge is -2.21. The Bertz CT molecular complexity index is 472. The van der Waals surface area contributed by atoms with Gasteiger partial charge in [-0.05, 0) is 13.0 Å². The fourth-order valence-electron chi connectivity index (χ4n) is 2.10. The van der Waals surface area contributed by atoms with Crippen LogP contribution in [-0.4, -0.2) is 41.6 Å². The van der Waals surface area contributed by atoms with Gasteiger partial charge in [-0.3, -0.25) is 9.59 Å². The van der Waals surface area contributed by atoms with Gasteiger partial charge in [0.2, 0.25) is 5.91 Å². The summed E-state index contributed by atoms with van der Waals surface area (Å²) in [6.45, 7) is 2.16. The summed E-state index contributed by atoms with van der Waals surface area (Å²) in [6.07, 6.45) is 0. The zero-order chi connectivity index (χ0) is 13.1. The standard InChI is InChI=1S/C13H15NO4/c1-2-14(7-12(15)16)13(17)10-8-18-11-6-4-3-5-9(10)11/h3-6,10H,2,7-8H2,1H3,(H,15,16)/t10-/m1/s1. The van der Waals surface area contributed by atoms with Crippen LogP contribution in [0.2, 0.25) is 0 Å². The van der Waals surface area contributed by atoms with Gasteiger partial charge in [0.05, 0.1) is 0 Å². The normalized spacial score (nSPS) is 16.8. The van der Waals surface area contributed by atoms with Crippen molar-refractivity contribution in [1.82, 2.24) is 4.90 Å². The van der Waals surface area contributed by atoms with Gasteiger partial charge in [0.15, 0.2) is 0 Å². The number of para-hydroxylation sites is 1. The molecule has 1 aromatic carbocycles. The van der Waals surface area contributed by atoms with Crippen LogP contribution in [0.25, 0.3) is 0 Å². The minimum Gasteiger partial charge on any atom is -0.492 e. The largest absolute Gasteiger partial charge is 0.492 e. The smallest absolute Gasteiger partial charge is 0.323 e. The Morgan fingerprint density at radius 2 is 2.17 bits per heavy atom. The zero-order valence-electron chi connectivity index (χ0n) is 10.1. The first-order valence-corrected chi connectivity index (χ1v) is 5.85. The van der Waals surface area contributed by atoms with Gasteiger partial charge in [-0.25, -0.2) is 0 Å². The maximum atomic E-state index is 12.3. The van der Waals surface area contributed by atoms with Crippen molar-refractivity contribution in [1.29, 1.82) is 0 Å². The van der Waals surface area contributed by atoms with Crippen molar-refractivity contribution in [2.45, 2.75) is 12.8 Å². The number of carbonyl (C=O) groups excluding carboxylic acids is 1. The van der Waals surface area contributed by atoms with Gasteiger partial charge >= 0.3 is 5.97 Å². The number of nitrogens with zero attached hydrogens (tertiary/aromatic N) is 1. The summed E-state index contributed by atoms with van der Waals surface area (Å²) in [7, 11) is 0. The lowest BCUT2D eigenvalue weighted by Crippen LogP contribution is -2.39. The molecule has 1 atom stereocenters. The monoisotopic (exact) mass is 249 g/mol. The number of rotatable bonds is 4. The second kappa shape index (κ2) is 5.08. The highest BCUT2D eigenvalue weighted by atomic mass is 16.5. The molecule has 0 unspecified atom stereocenters. The molecule has 1 aromatic rings. The average Bonchev–Trinajstić information content (AvgIpc) is 2.78. The number of aliphatic carboxylic acids is 1. The third kappa shape index (κ3) is 2.30. The van der Waals surface area contributed by atoms with Crippen LogP contribution in [0, 0.1) is 0 Å². The highest BCUT2D eigenvalue weighted by molar-refractivity contribution is 5.88. The van der Waals surface area contributed by atoms with Crippen molar-refractivity contribution in [2.24, 2.45) is 0 Å². The number of carboxylic acid groups (broad SMARTS) is 1. The van der Waals surface area contributed by atoms with E-state index in [2.05, 4.69) is 0 Å². The van der Waals surface area contributed by atoms with Crippen molar-refractivity contribution in [3.63, 3.8) is 0 Å². The minimum atomic E-state index is -1.00. The summed E-state index contributed by atoms with van der Waals surface area (Å²) in [6, 6.07) is 7.36. The molecule has 0 saturated carbocycles. The number of carbonyl (C=O) groups is 2. The van der Waals surface area contributed by atoms with Crippen molar-refractivity contribution in [3.8, 4) is 5.75 Å². The van der Waals surface area contributed by atoms with E-state index in [1.165, 1.54) is 4.90 Å². The van der Waals surface area contributed by atoms with E-state index in [0.29, 0.717) is 12.3 Å². The molecule has 0 spiro atoms. The van der Waals surface area contributed by atoms with E-state index >= 15 is 0 Å². The summed E-state index contributed by atoms with van der Waals surface area (Å²) < 4.78 is 5.44. The van der Waals surface area contributed by atoms with Crippen LogP contribution in [-0.2, 0) is 9.59 Å². The van der Waals surface area contributed by atoms with Crippen LogP contribution >= 0.6 is 0 Å². The lowest BCUT2D eigenvalue weighted by atomic mass is 10.00. The Hall–Kier alpha value is -2.04. The van der Waals surface area contributed by atoms with Crippen molar-refractivity contribution in [3.05, 3.63) is 29.8 Å². The number of likely N-dealkylation sites (N-methyl/N-ethyl adjacent to an activating group) is 1. The third-order valence-electron chi connectivity index (χ3n) is 3.02. The molecule has 1 aliphatic heterocycles. The van der Waals surface area contributed by atoms with Crippen LogP contribution in [0.4, 0.5) is 0 Å². The second-order valence-corrected chi connectivity index (χ2v) is 4.15. The summed E-state index contributed by atoms with van der Waals surface area (Å²) in [5.74, 6) is -0.870. The first-order chi connectivity index (χ1) is 8.63. The van der Waals surface area contributed by atoms with Gasteiger partial charge in [-0.1, -0.05) is 18.2 Å². The lowest BCUT2D eigenvalue weighted by molar-refractivity contribution is -0.145. The highest BCUT2D eigenvalue weighted by Gasteiger charge is 2.33. The molecule has 2 rings (SSSR count). The van der Waals surface area contributed by atoms with Crippen molar-refractivity contribution >= 4 is 11.9 Å². The number of carboxylic acids is 1. The fraction of sp³-hybridized carbons (Fsp3) is 0.385. The van der Waals surface area contributed by atoms with E-state index in [-0.39, 0.29) is 25.0 Å². The van der Waals surface area contributed by atoms with Crippen molar-refractivity contribution < 1.29 is 19.4 Å². The molecule has 96 valence electrons. The number of hydrogen-bond donors (Lipinski definition) is 1. The predicted molar refractivity (Wildman–Crippen MR) is 64.6 cm³/mol. The van der Waals surface area contributed by atoms with Crippen LogP contribution < -0.4 is 4.74 Å². The topological polar surface area (TPSA) is 66.8 Å². The molecule has 0 saturated heterocycles. The SMILES string of the molecule is CCN(CC(=O)O)C(=O)[C@@H]1COc2ccccc21. The highest BCUT2D eigenvalue weighted by Crippen LogP contribution is 2.34. The Morgan fingerprint density at radius 1 is 1.44 bits per heavy atom. The molecule has 1 aliphatic rings. The van der Waals surface area contributed by atoms with E-state index in [4.69, 9.17) is 9.84 Å². The van der Waals surface area contributed by atoms with E-state index < -0.39 is 5.97 Å². The molecular formula is C13H15NO4. The Morgan fingerprint density at radius 3 is 2.83 bits per heavy atom. The van der Waals surface area contributed by atoms with E-state index in [9.17, 15) is 9.59 Å². The average molecular weight is 249 g/mol. The summed E-state index contributed by atoms with van der Waals surface area (Å²) in [5, 5.41) is 8.78. The molecule has 0 fully saturated rings. The van der Waals surface area contributed by atoms with Crippen LogP contribution in [0.1, 0.15) is 18.4 Å². The van der Waals surface area contributed by atoms with Gasteiger partial charge in [0.1, 0.15) is 24.8 Å². The number of hydrogen-bond acceptors (Lipinski definition) is 3. The molecule has 1 heterocycles. The second-order valence-electron chi connectivity index (χ2n) is 4.15. The van der Waals surface area contributed by atoms with Crippen LogP contribution in [0.15, 0.2) is 24.3 Å². The molecule has 0 bridgehead atoms. The molecule has 0 aromatic heterocycles. The van der Waals surface area contributed by atoms with Gasteiger partial charge in [-0.15, -0.1) is 0 Å². The van der Waals surface area contributed by atoms with Gasteiger partial charge in [0, 0.05) is 12.1 Å². The Labute approximate surface area is 105 Å². The maximum absolute atomic E-state index is 12.3. The van der Waals surface area contributed by atoms with Gasteiger partial charge in [-0.2, -0.15) is 0 Å². The Kier molecular flexibility index (Phi) is 3.50.